The van der Waals surface area contributed by atoms with Crippen LogP contribution in [0.3, 0.4) is 0 Å². The molecule has 0 N–H and O–H groups in total. The number of aromatic nitrogens is 1. The van der Waals surface area contributed by atoms with Crippen molar-refractivity contribution in [2.45, 2.75) is 45.0 Å². The number of halogens is 2. The number of hydrogen-bond acceptors (Lipinski definition) is 3. The van der Waals surface area contributed by atoms with E-state index in [2.05, 4.69) is 54.8 Å². The van der Waals surface area contributed by atoms with Crippen LogP contribution in [0.15, 0.2) is 17.6 Å². The molecule has 21 heavy (non-hydrogen) atoms. The molecule has 116 valence electrons. The van der Waals surface area contributed by atoms with Crippen LogP contribution < -0.4 is 0 Å². The zero-order valence-corrected chi connectivity index (χ0v) is 16.4. The Labute approximate surface area is 139 Å². The lowest BCUT2D eigenvalue weighted by molar-refractivity contribution is 0.208. The molecule has 0 bridgehead atoms. The molecule has 0 spiro atoms. The molecule has 2 rings (SSSR count). The first-order valence-electron chi connectivity index (χ1n) is 6.92. The summed E-state index contributed by atoms with van der Waals surface area (Å²) in [4.78, 5) is 4.06. The molecular weight excluding hydrogens is 369 g/mol. The fourth-order valence-electron chi connectivity index (χ4n) is 1.85. The Bertz CT molecular complexity index is 638. The van der Waals surface area contributed by atoms with Gasteiger partial charge in [0.25, 0.3) is 0 Å². The van der Waals surface area contributed by atoms with Crippen LogP contribution in [0, 0.1) is 5.82 Å². The number of nitrogens with zero attached hydrogens (tertiary/aromatic N) is 1. The van der Waals surface area contributed by atoms with Crippen LogP contribution in [-0.4, -0.2) is 18.6 Å². The maximum atomic E-state index is 14.1. The second-order valence-electron chi connectivity index (χ2n) is 6.72. The van der Waals surface area contributed by atoms with Gasteiger partial charge in [-0.1, -0.05) is 36.7 Å². The summed E-state index contributed by atoms with van der Waals surface area (Å²) in [7, 11) is -1.91. The highest BCUT2D eigenvalue weighted by Gasteiger charge is 2.39. The second kappa shape index (κ2) is 6.06. The minimum atomic E-state index is -1.91. The Morgan fingerprint density at radius 2 is 2.05 bits per heavy atom. The quantitative estimate of drug-likeness (QED) is 0.479. The first-order valence-corrected chi connectivity index (χ1v) is 11.8. The fourth-order valence-corrected chi connectivity index (χ4v) is 4.62. The SMILES string of the molecule is CC(C)(C)[Si](C)(C)OC(CBr)c1cc(F)c2ncsc2c1. The van der Waals surface area contributed by atoms with Gasteiger partial charge in [0.2, 0.25) is 0 Å². The monoisotopic (exact) mass is 389 g/mol. The molecule has 0 amide bonds. The number of thiazole rings is 1. The molecule has 1 atom stereocenters. The molecule has 6 heteroatoms. The van der Waals surface area contributed by atoms with E-state index in [1.54, 1.807) is 11.6 Å². The van der Waals surface area contributed by atoms with E-state index in [0.29, 0.717) is 10.8 Å². The average Bonchev–Trinajstić information content (AvgIpc) is 2.83. The van der Waals surface area contributed by atoms with Crippen LogP contribution >= 0.6 is 27.3 Å². The average molecular weight is 390 g/mol. The Kier molecular flexibility index (Phi) is 4.93. The fraction of sp³-hybridized carbons (Fsp3) is 0.533. The molecule has 2 aromatic rings. The molecule has 0 saturated heterocycles. The summed E-state index contributed by atoms with van der Waals surface area (Å²) in [5, 5.41) is 0.782. The number of hydrogen-bond donors (Lipinski definition) is 0. The molecule has 1 aromatic heterocycles. The number of rotatable bonds is 4. The molecule has 1 unspecified atom stereocenters. The maximum absolute atomic E-state index is 14.1. The van der Waals surface area contributed by atoms with Crippen LogP contribution in [0.2, 0.25) is 18.1 Å². The van der Waals surface area contributed by atoms with E-state index in [1.807, 2.05) is 6.07 Å². The van der Waals surface area contributed by atoms with Crippen molar-refractivity contribution < 1.29 is 8.82 Å². The molecular formula is C15H21BrFNOSSi. The van der Waals surface area contributed by atoms with E-state index in [-0.39, 0.29) is 17.0 Å². The van der Waals surface area contributed by atoms with Gasteiger partial charge in [0.15, 0.2) is 14.1 Å². The summed E-state index contributed by atoms with van der Waals surface area (Å²) in [5.41, 5.74) is 3.00. The summed E-state index contributed by atoms with van der Waals surface area (Å²) in [6.45, 7) is 11.0. The van der Waals surface area contributed by atoms with E-state index in [1.165, 1.54) is 11.3 Å². The predicted octanol–water partition coefficient (Wildman–Crippen LogP) is 5.89. The lowest BCUT2D eigenvalue weighted by atomic mass is 10.1. The first kappa shape index (κ1) is 17.1. The minimum absolute atomic E-state index is 0.126. The van der Waals surface area contributed by atoms with Gasteiger partial charge >= 0.3 is 0 Å². The molecule has 0 saturated carbocycles. The van der Waals surface area contributed by atoms with E-state index in [4.69, 9.17) is 4.43 Å². The van der Waals surface area contributed by atoms with Gasteiger partial charge in [-0.15, -0.1) is 11.3 Å². The molecule has 0 radical (unpaired) electrons. The summed E-state index contributed by atoms with van der Waals surface area (Å²) < 4.78 is 21.4. The molecule has 0 aliphatic rings. The van der Waals surface area contributed by atoms with Crippen molar-refractivity contribution in [1.29, 1.82) is 0 Å². The number of fused-ring (bicyclic) bond motifs is 1. The maximum Gasteiger partial charge on any atom is 0.192 e. The van der Waals surface area contributed by atoms with E-state index >= 15 is 0 Å². The van der Waals surface area contributed by atoms with Crippen molar-refractivity contribution in [3.05, 3.63) is 29.0 Å². The minimum Gasteiger partial charge on any atom is -0.409 e. The van der Waals surface area contributed by atoms with Crippen LogP contribution in [-0.2, 0) is 4.43 Å². The highest BCUT2D eigenvalue weighted by atomic mass is 79.9. The van der Waals surface area contributed by atoms with E-state index < -0.39 is 8.32 Å². The van der Waals surface area contributed by atoms with Crippen LogP contribution in [0.1, 0.15) is 32.4 Å². The second-order valence-corrected chi connectivity index (χ2v) is 13.0. The van der Waals surface area contributed by atoms with Crippen LogP contribution in [0.25, 0.3) is 10.2 Å². The Balaban J connectivity index is 2.36. The van der Waals surface area contributed by atoms with Crippen LogP contribution in [0.4, 0.5) is 4.39 Å². The van der Waals surface area contributed by atoms with Gasteiger partial charge in [-0.3, -0.25) is 0 Å². The van der Waals surface area contributed by atoms with Crippen molar-refractivity contribution >= 4 is 45.8 Å². The van der Waals surface area contributed by atoms with Crippen molar-refractivity contribution in [3.8, 4) is 0 Å². The van der Waals surface area contributed by atoms with Crippen LogP contribution in [0.5, 0.6) is 0 Å². The topological polar surface area (TPSA) is 22.1 Å². The molecule has 1 aromatic carbocycles. The van der Waals surface area contributed by atoms with Crippen molar-refractivity contribution in [3.63, 3.8) is 0 Å². The lowest BCUT2D eigenvalue weighted by Gasteiger charge is -2.39. The largest absolute Gasteiger partial charge is 0.409 e. The smallest absolute Gasteiger partial charge is 0.192 e. The number of benzene rings is 1. The van der Waals surface area contributed by atoms with Crippen molar-refractivity contribution in [2.24, 2.45) is 0 Å². The van der Waals surface area contributed by atoms with Gasteiger partial charge in [0.1, 0.15) is 5.52 Å². The highest BCUT2D eigenvalue weighted by molar-refractivity contribution is 9.09. The standard InChI is InChI=1S/C15H21BrFNOSSi/c1-15(2,3)21(4,5)19-12(8-16)10-6-11(17)14-13(7-10)20-9-18-14/h6-7,9,12H,8H2,1-5H3. The van der Waals surface area contributed by atoms with Gasteiger partial charge in [0.05, 0.1) is 16.3 Å². The zero-order chi connectivity index (χ0) is 15.8. The summed E-state index contributed by atoms with van der Waals surface area (Å²) in [6, 6.07) is 3.55. The zero-order valence-electron chi connectivity index (χ0n) is 13.0. The Morgan fingerprint density at radius 3 is 2.62 bits per heavy atom. The Morgan fingerprint density at radius 1 is 1.38 bits per heavy atom. The number of alkyl halides is 1. The Hall–Kier alpha value is -0.303. The van der Waals surface area contributed by atoms with Gasteiger partial charge < -0.3 is 4.43 Å². The highest BCUT2D eigenvalue weighted by Crippen LogP contribution is 2.40. The third kappa shape index (κ3) is 3.55. The molecule has 0 aliphatic carbocycles. The summed E-state index contributed by atoms with van der Waals surface area (Å²) in [6.07, 6.45) is -0.133. The van der Waals surface area contributed by atoms with E-state index in [9.17, 15) is 4.39 Å². The van der Waals surface area contributed by atoms with Crippen molar-refractivity contribution in [2.75, 3.05) is 5.33 Å². The first-order chi connectivity index (χ1) is 9.65. The van der Waals surface area contributed by atoms with Gasteiger partial charge in [-0.05, 0) is 35.8 Å². The summed E-state index contributed by atoms with van der Waals surface area (Å²) >= 11 is 4.97. The molecule has 0 aliphatic heterocycles. The molecule has 2 nitrogen and oxygen atoms in total. The van der Waals surface area contributed by atoms with Gasteiger partial charge in [0, 0.05) is 5.33 Å². The third-order valence-electron chi connectivity index (χ3n) is 4.17. The third-order valence-corrected chi connectivity index (χ3v) is 10.0. The molecule has 0 fully saturated rings. The molecule has 1 heterocycles. The van der Waals surface area contributed by atoms with Gasteiger partial charge in [-0.25, -0.2) is 9.37 Å². The van der Waals surface area contributed by atoms with Crippen molar-refractivity contribution in [1.82, 2.24) is 4.98 Å². The summed E-state index contributed by atoms with van der Waals surface area (Å²) in [5.74, 6) is -0.270. The normalized spacial score (nSPS) is 14.6. The van der Waals surface area contributed by atoms with E-state index in [0.717, 1.165) is 10.3 Å². The predicted molar refractivity (Wildman–Crippen MR) is 94.4 cm³/mol. The van der Waals surface area contributed by atoms with Gasteiger partial charge in [-0.2, -0.15) is 0 Å². The lowest BCUT2D eigenvalue weighted by Crippen LogP contribution is -2.42.